The average molecular weight is 298 g/mol. The zero-order valence-corrected chi connectivity index (χ0v) is 12.8. The third-order valence-electron chi connectivity index (χ3n) is 3.99. The number of anilines is 1. The normalized spacial score (nSPS) is 20.4. The minimum absolute atomic E-state index is 0.101. The lowest BCUT2D eigenvalue weighted by Gasteiger charge is -2.20. The van der Waals surface area contributed by atoms with Gasteiger partial charge in [-0.25, -0.2) is 8.42 Å². The lowest BCUT2D eigenvalue weighted by molar-refractivity contribution is 0.259. The fraction of sp³-hybridized carbons (Fsp3) is 0.571. The quantitative estimate of drug-likeness (QED) is 0.820. The van der Waals surface area contributed by atoms with Crippen LogP contribution in [-0.4, -0.2) is 37.5 Å². The molecule has 1 heterocycles. The number of sulfonamides is 1. The van der Waals surface area contributed by atoms with Crippen LogP contribution in [0.2, 0.25) is 0 Å². The van der Waals surface area contributed by atoms with E-state index in [0.717, 1.165) is 12.0 Å². The maximum atomic E-state index is 12.8. The van der Waals surface area contributed by atoms with Gasteiger partial charge in [0.05, 0.1) is 5.69 Å². The molecule has 20 heavy (non-hydrogen) atoms. The number of aliphatic hydroxyl groups is 1. The van der Waals surface area contributed by atoms with Crippen LogP contribution in [0, 0.1) is 19.8 Å². The molecule has 1 atom stereocenters. The summed E-state index contributed by atoms with van der Waals surface area (Å²) in [6.45, 7) is 4.65. The summed E-state index contributed by atoms with van der Waals surface area (Å²) in [5, 5.41) is 8.97. The van der Waals surface area contributed by atoms with E-state index in [1.165, 1.54) is 4.31 Å². The number of benzene rings is 1. The molecule has 1 aliphatic rings. The molecule has 5 nitrogen and oxygen atoms in total. The molecule has 0 aromatic heterocycles. The van der Waals surface area contributed by atoms with Gasteiger partial charge in [0, 0.05) is 19.7 Å². The van der Waals surface area contributed by atoms with Crippen LogP contribution in [0.1, 0.15) is 24.0 Å². The van der Waals surface area contributed by atoms with E-state index >= 15 is 0 Å². The molecular weight excluding hydrogens is 276 g/mol. The largest absolute Gasteiger partial charge is 0.397 e. The van der Waals surface area contributed by atoms with Gasteiger partial charge in [-0.1, -0.05) is 12.1 Å². The summed E-state index contributed by atoms with van der Waals surface area (Å²) in [6, 6.07) is 3.63. The number of aliphatic hydroxyl groups excluding tert-OH is 1. The minimum Gasteiger partial charge on any atom is -0.397 e. The van der Waals surface area contributed by atoms with Gasteiger partial charge in [-0.3, -0.25) is 0 Å². The summed E-state index contributed by atoms with van der Waals surface area (Å²) < 4.78 is 27.0. The van der Waals surface area contributed by atoms with E-state index in [2.05, 4.69) is 0 Å². The van der Waals surface area contributed by atoms with Gasteiger partial charge >= 0.3 is 0 Å². The zero-order valence-electron chi connectivity index (χ0n) is 12.0. The van der Waals surface area contributed by atoms with Gasteiger partial charge in [0.2, 0.25) is 10.0 Å². The molecule has 0 amide bonds. The first-order valence-corrected chi connectivity index (χ1v) is 8.28. The smallest absolute Gasteiger partial charge is 0.245 e. The Kier molecular flexibility index (Phi) is 4.36. The molecule has 0 bridgehead atoms. The van der Waals surface area contributed by atoms with Crippen LogP contribution in [0.3, 0.4) is 0 Å². The number of nitrogen functional groups attached to an aromatic ring is 1. The summed E-state index contributed by atoms with van der Waals surface area (Å²) in [7, 11) is -3.55. The van der Waals surface area contributed by atoms with Crippen molar-refractivity contribution >= 4 is 15.7 Å². The summed E-state index contributed by atoms with van der Waals surface area (Å²) in [6.07, 6.45) is 1.44. The van der Waals surface area contributed by atoms with Crippen molar-refractivity contribution in [3.05, 3.63) is 23.3 Å². The lowest BCUT2D eigenvalue weighted by Crippen LogP contribution is -2.30. The van der Waals surface area contributed by atoms with E-state index in [1.807, 2.05) is 13.0 Å². The SMILES string of the molecule is Cc1ccc(C)c(S(=O)(=O)N2CCC(CCO)C2)c1N. The van der Waals surface area contributed by atoms with Gasteiger partial charge < -0.3 is 10.8 Å². The molecule has 6 heteroatoms. The van der Waals surface area contributed by atoms with E-state index in [-0.39, 0.29) is 17.4 Å². The third-order valence-corrected chi connectivity index (χ3v) is 6.06. The van der Waals surface area contributed by atoms with E-state index in [1.54, 1.807) is 13.0 Å². The second-order valence-electron chi connectivity index (χ2n) is 5.47. The van der Waals surface area contributed by atoms with Gasteiger partial charge in [-0.15, -0.1) is 0 Å². The highest BCUT2D eigenvalue weighted by Gasteiger charge is 2.34. The van der Waals surface area contributed by atoms with Gasteiger partial charge in [0.25, 0.3) is 0 Å². The van der Waals surface area contributed by atoms with Crippen molar-refractivity contribution in [3.63, 3.8) is 0 Å². The number of aryl methyl sites for hydroxylation is 2. The third kappa shape index (κ3) is 2.68. The van der Waals surface area contributed by atoms with Crippen LogP contribution < -0.4 is 5.73 Å². The topological polar surface area (TPSA) is 83.6 Å². The van der Waals surface area contributed by atoms with Crippen molar-refractivity contribution in [1.82, 2.24) is 4.31 Å². The van der Waals surface area contributed by atoms with Crippen molar-refractivity contribution in [2.24, 2.45) is 5.92 Å². The number of nitrogens with zero attached hydrogens (tertiary/aromatic N) is 1. The van der Waals surface area contributed by atoms with E-state index in [9.17, 15) is 8.42 Å². The Labute approximate surface area is 120 Å². The molecule has 1 unspecified atom stereocenters. The first-order chi connectivity index (χ1) is 9.37. The van der Waals surface area contributed by atoms with Crippen molar-refractivity contribution in [2.75, 3.05) is 25.4 Å². The number of nitrogens with two attached hydrogens (primary N) is 1. The second kappa shape index (κ2) is 5.71. The van der Waals surface area contributed by atoms with Crippen LogP contribution in [0.5, 0.6) is 0 Å². The summed E-state index contributed by atoms with van der Waals surface area (Å²) in [4.78, 5) is 0.238. The van der Waals surface area contributed by atoms with Gasteiger partial charge in [-0.05, 0) is 43.7 Å². The molecular formula is C14H22N2O3S. The van der Waals surface area contributed by atoms with E-state index in [4.69, 9.17) is 10.8 Å². The molecule has 1 aliphatic heterocycles. The molecule has 112 valence electrons. The van der Waals surface area contributed by atoms with E-state index < -0.39 is 10.0 Å². The molecule has 3 N–H and O–H groups in total. The first-order valence-electron chi connectivity index (χ1n) is 6.84. The highest BCUT2D eigenvalue weighted by molar-refractivity contribution is 7.89. The average Bonchev–Trinajstić information content (AvgIpc) is 2.84. The van der Waals surface area contributed by atoms with E-state index in [0.29, 0.717) is 30.8 Å². The van der Waals surface area contributed by atoms with Gasteiger partial charge in [0.1, 0.15) is 4.90 Å². The molecule has 0 radical (unpaired) electrons. The highest BCUT2D eigenvalue weighted by Crippen LogP contribution is 2.32. The maximum Gasteiger partial charge on any atom is 0.245 e. The first kappa shape index (κ1) is 15.3. The van der Waals surface area contributed by atoms with Crippen LogP contribution in [0.15, 0.2) is 17.0 Å². The molecule has 0 saturated carbocycles. The summed E-state index contributed by atoms with van der Waals surface area (Å²) in [5.41, 5.74) is 7.79. The van der Waals surface area contributed by atoms with Gasteiger partial charge in [-0.2, -0.15) is 4.31 Å². The van der Waals surface area contributed by atoms with Crippen LogP contribution >= 0.6 is 0 Å². The number of hydrogen-bond donors (Lipinski definition) is 2. The van der Waals surface area contributed by atoms with Crippen molar-refractivity contribution in [1.29, 1.82) is 0 Å². The lowest BCUT2D eigenvalue weighted by atomic mass is 10.1. The Balaban J connectivity index is 2.35. The standard InChI is InChI=1S/C14H22N2O3S/c1-10-3-4-11(2)14(13(10)15)20(18,19)16-7-5-12(9-16)6-8-17/h3-4,12,17H,5-9,15H2,1-2H3. The molecule has 2 rings (SSSR count). The Morgan fingerprint density at radius 2 is 2.00 bits per heavy atom. The molecule has 1 aromatic rings. The minimum atomic E-state index is -3.55. The predicted octanol–water partition coefficient (Wildman–Crippen LogP) is 1.28. The second-order valence-corrected chi connectivity index (χ2v) is 7.35. The Hall–Kier alpha value is -1.11. The Bertz CT molecular complexity index is 599. The van der Waals surface area contributed by atoms with Crippen molar-refractivity contribution in [3.8, 4) is 0 Å². The van der Waals surface area contributed by atoms with Crippen LogP contribution in [0.25, 0.3) is 0 Å². The summed E-state index contributed by atoms with van der Waals surface area (Å²) >= 11 is 0. The fourth-order valence-electron chi connectivity index (χ4n) is 2.71. The molecule has 1 fully saturated rings. The number of rotatable bonds is 4. The predicted molar refractivity (Wildman–Crippen MR) is 78.9 cm³/mol. The molecule has 1 saturated heterocycles. The number of hydrogen-bond acceptors (Lipinski definition) is 4. The highest BCUT2D eigenvalue weighted by atomic mass is 32.2. The molecule has 0 aliphatic carbocycles. The molecule has 1 aromatic carbocycles. The maximum absolute atomic E-state index is 12.8. The monoisotopic (exact) mass is 298 g/mol. The van der Waals surface area contributed by atoms with Crippen molar-refractivity contribution < 1.29 is 13.5 Å². The Morgan fingerprint density at radius 1 is 1.35 bits per heavy atom. The zero-order chi connectivity index (χ0) is 14.9. The van der Waals surface area contributed by atoms with Crippen molar-refractivity contribution in [2.45, 2.75) is 31.6 Å². The molecule has 0 spiro atoms. The summed E-state index contributed by atoms with van der Waals surface area (Å²) in [5.74, 6) is 0.237. The van der Waals surface area contributed by atoms with Crippen LogP contribution in [0.4, 0.5) is 5.69 Å². The Morgan fingerprint density at radius 3 is 2.65 bits per heavy atom. The van der Waals surface area contributed by atoms with Gasteiger partial charge in [0.15, 0.2) is 0 Å². The fourth-order valence-corrected chi connectivity index (χ4v) is 4.64. The van der Waals surface area contributed by atoms with Crippen LogP contribution in [-0.2, 0) is 10.0 Å².